The van der Waals surface area contributed by atoms with Crippen LogP contribution in [0.1, 0.15) is 48.4 Å². The fraction of sp³-hybridized carbons (Fsp3) is 0.435. The van der Waals surface area contributed by atoms with Crippen LogP contribution in [0.3, 0.4) is 0 Å². The number of fused-ring (bicyclic) bond motifs is 1. The van der Waals surface area contributed by atoms with Gasteiger partial charge in [-0.3, -0.25) is 0 Å². The van der Waals surface area contributed by atoms with Crippen LogP contribution in [0.2, 0.25) is 0 Å². The minimum absolute atomic E-state index is 0. The van der Waals surface area contributed by atoms with E-state index in [0.717, 1.165) is 48.3 Å². The molecule has 172 valence electrons. The van der Waals surface area contributed by atoms with Crippen molar-refractivity contribution in [3.63, 3.8) is 0 Å². The molecule has 9 heteroatoms. The summed E-state index contributed by atoms with van der Waals surface area (Å²) in [4.78, 5) is 6.19. The molecule has 1 aliphatic heterocycles. The normalized spacial score (nSPS) is 17.1. The Labute approximate surface area is 210 Å². The van der Waals surface area contributed by atoms with Crippen LogP contribution in [-0.2, 0) is 20.0 Å². The number of thiophene rings is 1. The first kappa shape index (κ1) is 24.5. The van der Waals surface area contributed by atoms with Crippen molar-refractivity contribution in [3.8, 4) is 5.75 Å². The van der Waals surface area contributed by atoms with Gasteiger partial charge in [-0.15, -0.1) is 45.5 Å². The summed E-state index contributed by atoms with van der Waals surface area (Å²) in [5, 5.41) is 17.7. The van der Waals surface area contributed by atoms with Gasteiger partial charge in [0, 0.05) is 30.5 Å². The van der Waals surface area contributed by atoms with E-state index in [2.05, 4.69) is 64.3 Å². The molecule has 2 N–H and O–H groups in total. The van der Waals surface area contributed by atoms with E-state index in [1.165, 1.54) is 4.88 Å². The number of aryl methyl sites for hydroxylation is 1. The molecule has 0 aliphatic carbocycles. The summed E-state index contributed by atoms with van der Waals surface area (Å²) in [5.74, 6) is 3.42. The van der Waals surface area contributed by atoms with Gasteiger partial charge in [0.1, 0.15) is 23.7 Å². The van der Waals surface area contributed by atoms with E-state index in [-0.39, 0.29) is 35.6 Å². The number of hydrogen-bond acceptors (Lipinski definition) is 5. The van der Waals surface area contributed by atoms with Crippen molar-refractivity contribution in [3.05, 3.63) is 63.9 Å². The second-order valence-corrected chi connectivity index (χ2v) is 9.48. The van der Waals surface area contributed by atoms with E-state index in [1.807, 2.05) is 30.7 Å². The Bertz CT molecular complexity index is 1050. The van der Waals surface area contributed by atoms with Crippen LogP contribution in [0.5, 0.6) is 5.75 Å². The molecule has 32 heavy (non-hydrogen) atoms. The number of hydrogen-bond donors (Lipinski definition) is 2. The van der Waals surface area contributed by atoms with Crippen LogP contribution in [0.15, 0.2) is 46.8 Å². The van der Waals surface area contributed by atoms with Crippen LogP contribution in [0, 0.1) is 6.92 Å². The minimum atomic E-state index is -0.255. The third kappa shape index (κ3) is 6.00. The number of ether oxygens (including phenoxy) is 1. The summed E-state index contributed by atoms with van der Waals surface area (Å²) in [5.41, 5.74) is 0.901. The number of para-hydroxylation sites is 1. The van der Waals surface area contributed by atoms with E-state index >= 15 is 0 Å². The summed E-state index contributed by atoms with van der Waals surface area (Å²) in [6.07, 6.45) is 1.80. The molecule has 2 aromatic heterocycles. The number of halogens is 1. The molecule has 0 radical (unpaired) electrons. The number of aliphatic imine (C=N–C) groups is 1. The molecule has 0 fully saturated rings. The number of benzene rings is 1. The SMILES string of the molecule is Cc1nnc(CN=C(NCCc2cccs2)NC2CC(C)(C)Oc3ccccc32)n1C.I. The van der Waals surface area contributed by atoms with Crippen molar-refractivity contribution in [1.82, 2.24) is 25.4 Å². The fourth-order valence-corrected chi connectivity index (χ4v) is 4.45. The highest BCUT2D eigenvalue weighted by Crippen LogP contribution is 2.39. The summed E-state index contributed by atoms with van der Waals surface area (Å²) in [6.45, 7) is 7.46. The van der Waals surface area contributed by atoms with Gasteiger partial charge >= 0.3 is 0 Å². The molecule has 0 saturated carbocycles. The van der Waals surface area contributed by atoms with Crippen molar-refractivity contribution in [2.24, 2.45) is 12.0 Å². The third-order valence-electron chi connectivity index (χ3n) is 5.49. The molecule has 1 atom stereocenters. The van der Waals surface area contributed by atoms with Gasteiger partial charge in [0.15, 0.2) is 11.8 Å². The van der Waals surface area contributed by atoms with Crippen LogP contribution in [0.25, 0.3) is 0 Å². The van der Waals surface area contributed by atoms with Gasteiger partial charge in [0.25, 0.3) is 0 Å². The highest BCUT2D eigenvalue weighted by atomic mass is 127. The van der Waals surface area contributed by atoms with Gasteiger partial charge in [-0.2, -0.15) is 0 Å². The van der Waals surface area contributed by atoms with E-state index in [4.69, 9.17) is 9.73 Å². The molecule has 7 nitrogen and oxygen atoms in total. The third-order valence-corrected chi connectivity index (χ3v) is 6.43. The Hall–Kier alpha value is -2.14. The lowest BCUT2D eigenvalue weighted by atomic mass is 9.90. The molecular formula is C23H31IN6OS. The summed E-state index contributed by atoms with van der Waals surface area (Å²) in [7, 11) is 1.97. The molecule has 0 saturated heterocycles. The number of nitrogens with zero attached hydrogens (tertiary/aromatic N) is 4. The topological polar surface area (TPSA) is 76.4 Å². The zero-order chi connectivity index (χ0) is 21.8. The maximum atomic E-state index is 6.19. The predicted molar refractivity (Wildman–Crippen MR) is 140 cm³/mol. The molecule has 0 spiro atoms. The fourth-order valence-electron chi connectivity index (χ4n) is 3.75. The maximum absolute atomic E-state index is 6.19. The summed E-state index contributed by atoms with van der Waals surface area (Å²) < 4.78 is 8.16. The first-order valence-electron chi connectivity index (χ1n) is 10.6. The summed E-state index contributed by atoms with van der Waals surface area (Å²) >= 11 is 1.78. The quantitative estimate of drug-likeness (QED) is 0.263. The second kappa shape index (κ2) is 10.7. The first-order chi connectivity index (χ1) is 14.9. The number of rotatable bonds is 6. The molecule has 1 aliphatic rings. The molecule has 3 aromatic rings. The highest BCUT2D eigenvalue weighted by Gasteiger charge is 2.34. The van der Waals surface area contributed by atoms with Gasteiger partial charge in [-0.05, 0) is 44.7 Å². The first-order valence-corrected chi connectivity index (χ1v) is 11.5. The Balaban J connectivity index is 0.00000289. The van der Waals surface area contributed by atoms with Gasteiger partial charge in [-0.25, -0.2) is 4.99 Å². The Morgan fingerprint density at radius 2 is 2.06 bits per heavy atom. The monoisotopic (exact) mass is 566 g/mol. The van der Waals surface area contributed by atoms with Gasteiger partial charge < -0.3 is 19.9 Å². The minimum Gasteiger partial charge on any atom is -0.487 e. The van der Waals surface area contributed by atoms with Crippen LogP contribution < -0.4 is 15.4 Å². The average molecular weight is 567 g/mol. The molecule has 0 amide bonds. The van der Waals surface area contributed by atoms with Crippen molar-refractivity contribution in [2.45, 2.75) is 51.8 Å². The lowest BCUT2D eigenvalue weighted by Gasteiger charge is -2.38. The smallest absolute Gasteiger partial charge is 0.192 e. The maximum Gasteiger partial charge on any atom is 0.192 e. The molecular weight excluding hydrogens is 535 g/mol. The van der Waals surface area contributed by atoms with Crippen LogP contribution in [0.4, 0.5) is 0 Å². The Morgan fingerprint density at radius 3 is 2.78 bits per heavy atom. The lowest BCUT2D eigenvalue weighted by Crippen LogP contribution is -2.45. The van der Waals surface area contributed by atoms with E-state index in [1.54, 1.807) is 11.3 Å². The number of aromatic nitrogens is 3. The number of guanidine groups is 1. The highest BCUT2D eigenvalue weighted by molar-refractivity contribution is 14.0. The van der Waals surface area contributed by atoms with Crippen molar-refractivity contribution >= 4 is 41.3 Å². The van der Waals surface area contributed by atoms with Gasteiger partial charge in [-0.1, -0.05) is 24.3 Å². The molecule has 1 unspecified atom stereocenters. The van der Waals surface area contributed by atoms with Gasteiger partial charge in [0.2, 0.25) is 0 Å². The zero-order valence-corrected chi connectivity index (χ0v) is 22.1. The largest absolute Gasteiger partial charge is 0.487 e. The van der Waals surface area contributed by atoms with E-state index < -0.39 is 0 Å². The lowest BCUT2D eigenvalue weighted by molar-refractivity contribution is 0.0694. The Morgan fingerprint density at radius 1 is 1.25 bits per heavy atom. The van der Waals surface area contributed by atoms with E-state index in [0.29, 0.717) is 6.54 Å². The van der Waals surface area contributed by atoms with E-state index in [9.17, 15) is 0 Å². The molecule has 4 rings (SSSR count). The summed E-state index contributed by atoms with van der Waals surface area (Å²) in [6, 6.07) is 12.6. The standard InChI is InChI=1S/C23H30N6OS.HI/c1-16-27-28-21(29(16)4)15-25-22(24-12-11-17-8-7-13-31-17)26-19-14-23(2,3)30-20-10-6-5-9-18(19)20;/h5-10,13,19H,11-12,14-15H2,1-4H3,(H2,24,25,26);1H. The zero-order valence-electron chi connectivity index (χ0n) is 19.0. The average Bonchev–Trinajstić information content (AvgIpc) is 3.36. The van der Waals surface area contributed by atoms with Crippen molar-refractivity contribution < 1.29 is 4.74 Å². The van der Waals surface area contributed by atoms with Crippen LogP contribution >= 0.6 is 35.3 Å². The number of nitrogens with one attached hydrogen (secondary N) is 2. The second-order valence-electron chi connectivity index (χ2n) is 8.44. The molecule has 0 bridgehead atoms. The van der Waals surface area contributed by atoms with Crippen LogP contribution in [-0.4, -0.2) is 32.9 Å². The molecule has 3 heterocycles. The van der Waals surface area contributed by atoms with Gasteiger partial charge in [0.05, 0.1) is 6.04 Å². The van der Waals surface area contributed by atoms with Crippen molar-refractivity contribution in [2.75, 3.05) is 6.54 Å². The Kier molecular flexibility index (Phi) is 8.16. The molecule has 1 aromatic carbocycles. The van der Waals surface area contributed by atoms with Crippen molar-refractivity contribution in [1.29, 1.82) is 0 Å². The predicted octanol–water partition coefficient (Wildman–Crippen LogP) is 4.38.